The van der Waals surface area contributed by atoms with Gasteiger partial charge in [-0.3, -0.25) is 14.4 Å². The van der Waals surface area contributed by atoms with Crippen LogP contribution in [-0.2, 0) is 18.4 Å². The van der Waals surface area contributed by atoms with Crippen molar-refractivity contribution < 1.29 is 9.90 Å². The number of aromatic nitrogens is 3. The molecule has 2 aromatic heterocycles. The van der Waals surface area contributed by atoms with Crippen molar-refractivity contribution in [1.29, 1.82) is 0 Å². The fraction of sp³-hybridized carbons (Fsp3) is 0.263. The number of anilines is 1. The zero-order valence-electron chi connectivity index (χ0n) is 15.1. The Balaban J connectivity index is 1.65. The Labute approximate surface area is 154 Å². The summed E-state index contributed by atoms with van der Waals surface area (Å²) in [4.78, 5) is 40.4. The van der Waals surface area contributed by atoms with Crippen LogP contribution in [0, 0.1) is 6.92 Å². The summed E-state index contributed by atoms with van der Waals surface area (Å²) in [5, 5.41) is 12.6. The zero-order chi connectivity index (χ0) is 19.6. The van der Waals surface area contributed by atoms with Crippen LogP contribution in [0.2, 0.25) is 0 Å². The molecule has 0 aliphatic heterocycles. The van der Waals surface area contributed by atoms with Crippen LogP contribution in [-0.4, -0.2) is 25.1 Å². The van der Waals surface area contributed by atoms with Crippen LogP contribution in [0.25, 0.3) is 10.9 Å². The summed E-state index contributed by atoms with van der Waals surface area (Å²) in [6.45, 7) is 2.10. The van der Waals surface area contributed by atoms with E-state index in [-0.39, 0.29) is 29.2 Å². The van der Waals surface area contributed by atoms with Gasteiger partial charge in [0.15, 0.2) is 0 Å². The molecule has 140 valence electrons. The number of hydrogen-bond acceptors (Lipinski definition) is 5. The third kappa shape index (κ3) is 4.05. The largest absolute Gasteiger partial charge is 0.508 e. The molecule has 8 heteroatoms. The number of hydrogen-bond donors (Lipinski definition) is 2. The SMILES string of the molecule is Cc1cc(O)cc(=O)n1CCCC(=O)Nc1ccc2ncn(C)c(=O)c2c1. The van der Waals surface area contributed by atoms with Gasteiger partial charge in [-0.1, -0.05) is 0 Å². The van der Waals surface area contributed by atoms with Crippen molar-refractivity contribution in [2.24, 2.45) is 7.05 Å². The Morgan fingerprint density at radius 3 is 2.74 bits per heavy atom. The summed E-state index contributed by atoms with van der Waals surface area (Å²) in [6, 6.07) is 7.64. The molecule has 3 aromatic rings. The first-order valence-corrected chi connectivity index (χ1v) is 8.51. The minimum absolute atomic E-state index is 0.0663. The van der Waals surface area contributed by atoms with E-state index in [4.69, 9.17) is 0 Å². The monoisotopic (exact) mass is 368 g/mol. The average molecular weight is 368 g/mol. The smallest absolute Gasteiger partial charge is 0.260 e. The van der Waals surface area contributed by atoms with E-state index in [2.05, 4.69) is 10.3 Å². The number of nitrogens with zero attached hydrogens (tertiary/aromatic N) is 3. The van der Waals surface area contributed by atoms with E-state index in [1.165, 1.54) is 21.5 Å². The molecule has 0 aliphatic rings. The number of carbonyl (C=O) groups is 1. The topological polar surface area (TPSA) is 106 Å². The van der Waals surface area contributed by atoms with Crippen molar-refractivity contribution in [2.75, 3.05) is 5.32 Å². The standard InChI is InChI=1S/C19H20N4O4/c1-12-8-14(24)10-18(26)23(12)7-3-4-17(25)21-13-5-6-16-15(9-13)19(27)22(2)11-20-16/h5-6,8-11,24H,3-4,7H2,1-2H3,(H,21,25). The first-order chi connectivity index (χ1) is 12.8. The lowest BCUT2D eigenvalue weighted by Gasteiger charge is -2.10. The van der Waals surface area contributed by atoms with Crippen molar-refractivity contribution >= 4 is 22.5 Å². The highest BCUT2D eigenvalue weighted by Gasteiger charge is 2.08. The van der Waals surface area contributed by atoms with Crippen LogP contribution in [0.4, 0.5) is 5.69 Å². The van der Waals surface area contributed by atoms with Crippen LogP contribution in [0.15, 0.2) is 46.2 Å². The van der Waals surface area contributed by atoms with Crippen LogP contribution in [0.3, 0.4) is 0 Å². The molecule has 1 amide bonds. The maximum Gasteiger partial charge on any atom is 0.260 e. The predicted molar refractivity (Wildman–Crippen MR) is 102 cm³/mol. The van der Waals surface area contributed by atoms with Crippen LogP contribution < -0.4 is 16.4 Å². The van der Waals surface area contributed by atoms with Gasteiger partial charge in [0, 0.05) is 37.5 Å². The highest BCUT2D eigenvalue weighted by Crippen LogP contribution is 2.15. The molecule has 0 saturated heterocycles. The van der Waals surface area contributed by atoms with Crippen molar-refractivity contribution in [3.05, 3.63) is 63.1 Å². The van der Waals surface area contributed by atoms with Gasteiger partial charge in [0.05, 0.1) is 17.2 Å². The van der Waals surface area contributed by atoms with Crippen molar-refractivity contribution in [3.63, 3.8) is 0 Å². The fourth-order valence-corrected chi connectivity index (χ4v) is 2.91. The number of pyridine rings is 1. The molecular formula is C19H20N4O4. The minimum Gasteiger partial charge on any atom is -0.508 e. The molecule has 8 nitrogen and oxygen atoms in total. The molecule has 0 saturated carbocycles. The molecule has 0 spiro atoms. The summed E-state index contributed by atoms with van der Waals surface area (Å²) in [5.74, 6) is -0.275. The fourth-order valence-electron chi connectivity index (χ4n) is 2.91. The summed E-state index contributed by atoms with van der Waals surface area (Å²) < 4.78 is 2.89. The van der Waals surface area contributed by atoms with E-state index in [9.17, 15) is 19.5 Å². The van der Waals surface area contributed by atoms with E-state index < -0.39 is 0 Å². The second kappa shape index (κ2) is 7.45. The Kier molecular flexibility index (Phi) is 5.07. The van der Waals surface area contributed by atoms with E-state index in [0.29, 0.717) is 35.2 Å². The highest BCUT2D eigenvalue weighted by molar-refractivity contribution is 5.93. The van der Waals surface area contributed by atoms with Crippen molar-refractivity contribution in [3.8, 4) is 5.75 Å². The molecule has 3 rings (SSSR count). The predicted octanol–water partition coefficient (Wildman–Crippen LogP) is 1.53. The average Bonchev–Trinajstić information content (AvgIpc) is 2.61. The maximum absolute atomic E-state index is 12.2. The molecule has 27 heavy (non-hydrogen) atoms. The van der Waals surface area contributed by atoms with Crippen molar-refractivity contribution in [2.45, 2.75) is 26.3 Å². The lowest BCUT2D eigenvalue weighted by Crippen LogP contribution is -2.22. The van der Waals surface area contributed by atoms with Gasteiger partial charge in [-0.2, -0.15) is 0 Å². The third-order valence-electron chi connectivity index (χ3n) is 4.31. The van der Waals surface area contributed by atoms with Gasteiger partial charge in [0.2, 0.25) is 5.91 Å². The first-order valence-electron chi connectivity index (χ1n) is 8.51. The molecule has 0 fully saturated rings. The lowest BCUT2D eigenvalue weighted by molar-refractivity contribution is -0.116. The molecule has 1 aromatic carbocycles. The van der Waals surface area contributed by atoms with E-state index in [1.54, 1.807) is 32.2 Å². The molecule has 0 bridgehead atoms. The number of benzene rings is 1. The van der Waals surface area contributed by atoms with Crippen LogP contribution in [0.5, 0.6) is 5.75 Å². The molecule has 0 unspecified atom stereocenters. The minimum atomic E-state index is -0.300. The summed E-state index contributed by atoms with van der Waals surface area (Å²) in [7, 11) is 1.62. The lowest BCUT2D eigenvalue weighted by atomic mass is 10.2. The number of fused-ring (bicyclic) bond motifs is 1. The number of rotatable bonds is 5. The highest BCUT2D eigenvalue weighted by atomic mass is 16.3. The van der Waals surface area contributed by atoms with Gasteiger partial charge >= 0.3 is 0 Å². The van der Waals surface area contributed by atoms with E-state index >= 15 is 0 Å². The van der Waals surface area contributed by atoms with Crippen molar-refractivity contribution in [1.82, 2.24) is 14.1 Å². The van der Waals surface area contributed by atoms with Gasteiger partial charge in [-0.15, -0.1) is 0 Å². The van der Waals surface area contributed by atoms with Gasteiger partial charge in [-0.25, -0.2) is 4.98 Å². The second-order valence-electron chi connectivity index (χ2n) is 6.39. The number of carbonyl (C=O) groups excluding carboxylic acids is 1. The number of aryl methyl sites for hydroxylation is 2. The summed E-state index contributed by atoms with van der Waals surface area (Å²) >= 11 is 0. The molecular weight excluding hydrogens is 348 g/mol. The Morgan fingerprint density at radius 1 is 1.22 bits per heavy atom. The Bertz CT molecular complexity index is 1130. The second-order valence-corrected chi connectivity index (χ2v) is 6.39. The Morgan fingerprint density at radius 2 is 2.00 bits per heavy atom. The molecule has 2 heterocycles. The number of aromatic hydroxyl groups is 1. The van der Waals surface area contributed by atoms with E-state index in [0.717, 1.165) is 6.07 Å². The van der Waals surface area contributed by atoms with E-state index in [1.807, 2.05) is 0 Å². The first kappa shape index (κ1) is 18.4. The number of nitrogens with one attached hydrogen (secondary N) is 1. The van der Waals surface area contributed by atoms with Gasteiger partial charge in [0.1, 0.15) is 5.75 Å². The number of amides is 1. The summed E-state index contributed by atoms with van der Waals surface area (Å²) in [5.41, 5.74) is 1.25. The maximum atomic E-state index is 12.2. The van der Waals surface area contributed by atoms with Gasteiger partial charge < -0.3 is 19.6 Å². The van der Waals surface area contributed by atoms with Gasteiger partial charge in [-0.05, 0) is 37.6 Å². The van der Waals surface area contributed by atoms with Gasteiger partial charge in [0.25, 0.3) is 11.1 Å². The Hall–Kier alpha value is -3.42. The quantitative estimate of drug-likeness (QED) is 0.710. The zero-order valence-corrected chi connectivity index (χ0v) is 15.1. The molecule has 2 N–H and O–H groups in total. The third-order valence-corrected chi connectivity index (χ3v) is 4.31. The van der Waals surface area contributed by atoms with Crippen LogP contribution in [0.1, 0.15) is 18.5 Å². The summed E-state index contributed by atoms with van der Waals surface area (Å²) in [6.07, 6.45) is 2.14. The molecule has 0 radical (unpaired) electrons. The molecule has 0 atom stereocenters. The molecule has 0 aliphatic carbocycles. The normalized spacial score (nSPS) is 10.9. The van der Waals surface area contributed by atoms with Crippen LogP contribution >= 0.6 is 0 Å².